The molecule has 0 saturated carbocycles. The van der Waals surface area contributed by atoms with Crippen molar-refractivity contribution in [2.24, 2.45) is 0 Å². The predicted octanol–water partition coefficient (Wildman–Crippen LogP) is 0.778. The van der Waals surface area contributed by atoms with Crippen molar-refractivity contribution >= 4 is 11.8 Å². The molecule has 0 spiro atoms. The van der Waals surface area contributed by atoms with E-state index in [0.29, 0.717) is 11.3 Å². The maximum Gasteiger partial charge on any atom is 0.330 e. The van der Waals surface area contributed by atoms with Crippen molar-refractivity contribution < 1.29 is 14.9 Å². The Morgan fingerprint density at radius 3 is 2.68 bits per heavy atom. The topological polar surface area (TPSA) is 105 Å². The minimum absolute atomic E-state index is 0.182. The summed E-state index contributed by atoms with van der Waals surface area (Å²) < 4.78 is 6.76. The monoisotopic (exact) mass is 364 g/mol. The van der Waals surface area contributed by atoms with Gasteiger partial charge < -0.3 is 14.9 Å². The highest BCUT2D eigenvalue weighted by Crippen LogP contribution is 2.28. The van der Waals surface area contributed by atoms with Crippen molar-refractivity contribution in [3.8, 4) is 0 Å². The van der Waals surface area contributed by atoms with Gasteiger partial charge in [-0.05, 0) is 19.1 Å². The molecule has 1 saturated heterocycles. The Kier molecular flexibility index (Phi) is 5.43. The highest BCUT2D eigenvalue weighted by molar-refractivity contribution is 7.98. The van der Waals surface area contributed by atoms with Crippen LogP contribution in [0.2, 0.25) is 0 Å². The lowest BCUT2D eigenvalue weighted by Gasteiger charge is -2.15. The molecule has 3 atom stereocenters. The number of hydrogen-bond acceptors (Lipinski definition) is 6. The number of aliphatic hydroxyl groups excluding tert-OH is 2. The van der Waals surface area contributed by atoms with Crippen LogP contribution in [0.4, 0.5) is 0 Å². The number of ether oxygens (including phenoxy) is 1. The Bertz CT molecular complexity index is 845. The Morgan fingerprint density at radius 1 is 1.32 bits per heavy atom. The van der Waals surface area contributed by atoms with Gasteiger partial charge in [0, 0.05) is 28.8 Å². The number of benzene rings is 1. The number of hydrogen-bond donors (Lipinski definition) is 3. The predicted molar refractivity (Wildman–Crippen MR) is 93.7 cm³/mol. The Balaban J connectivity index is 1.80. The van der Waals surface area contributed by atoms with Crippen molar-refractivity contribution in [2.75, 3.05) is 6.61 Å². The second-order valence-corrected chi connectivity index (χ2v) is 7.09. The van der Waals surface area contributed by atoms with Crippen LogP contribution in [0.15, 0.2) is 44.9 Å². The molecule has 0 amide bonds. The average Bonchev–Trinajstić information content (AvgIpc) is 2.96. The first-order chi connectivity index (χ1) is 12.0. The third-order valence-electron chi connectivity index (χ3n) is 4.15. The van der Waals surface area contributed by atoms with Crippen LogP contribution in [0, 0.1) is 6.92 Å². The van der Waals surface area contributed by atoms with Crippen molar-refractivity contribution in [3.63, 3.8) is 0 Å². The molecule has 134 valence electrons. The van der Waals surface area contributed by atoms with Crippen molar-refractivity contribution in [1.82, 2.24) is 9.55 Å². The van der Waals surface area contributed by atoms with E-state index >= 15 is 0 Å². The molecule has 1 aliphatic heterocycles. The SMILES string of the molecule is Cc1ccc(SCc2cn([C@H]3C[C@H](O)[C@@H](CO)O3)c(=O)[nH]c2=O)cc1. The van der Waals surface area contributed by atoms with E-state index in [0.717, 1.165) is 10.5 Å². The van der Waals surface area contributed by atoms with Gasteiger partial charge in [0.05, 0.1) is 12.7 Å². The van der Waals surface area contributed by atoms with Gasteiger partial charge in [0.15, 0.2) is 0 Å². The van der Waals surface area contributed by atoms with E-state index in [2.05, 4.69) is 4.98 Å². The van der Waals surface area contributed by atoms with Gasteiger partial charge in [-0.2, -0.15) is 0 Å². The highest BCUT2D eigenvalue weighted by atomic mass is 32.2. The first-order valence-electron chi connectivity index (χ1n) is 7.96. The van der Waals surface area contributed by atoms with Crippen LogP contribution in [0.3, 0.4) is 0 Å². The van der Waals surface area contributed by atoms with Crippen LogP contribution < -0.4 is 11.2 Å². The summed E-state index contributed by atoms with van der Waals surface area (Å²) in [7, 11) is 0. The molecule has 2 aromatic rings. The number of thioether (sulfide) groups is 1. The number of rotatable bonds is 5. The van der Waals surface area contributed by atoms with Gasteiger partial charge >= 0.3 is 5.69 Å². The first kappa shape index (κ1) is 17.9. The fourth-order valence-corrected chi connectivity index (χ4v) is 3.55. The molecule has 7 nitrogen and oxygen atoms in total. The fourth-order valence-electron chi connectivity index (χ4n) is 2.69. The van der Waals surface area contributed by atoms with Gasteiger partial charge in [-0.25, -0.2) is 4.79 Å². The Labute approximate surface area is 148 Å². The molecular weight excluding hydrogens is 344 g/mol. The third kappa shape index (κ3) is 4.04. The zero-order valence-electron chi connectivity index (χ0n) is 13.7. The molecule has 0 aliphatic carbocycles. The molecule has 25 heavy (non-hydrogen) atoms. The summed E-state index contributed by atoms with van der Waals surface area (Å²) in [5.74, 6) is 0.400. The molecular formula is C17H20N2O5S. The number of aliphatic hydroxyl groups is 2. The standard InChI is InChI=1S/C17H20N2O5S/c1-10-2-4-12(5-3-10)25-9-11-7-19(17(23)18-16(11)22)15-6-13(21)14(8-20)24-15/h2-5,7,13-15,20-21H,6,8-9H2,1H3,(H,18,22,23)/t13-,14+,15+/m0/s1. The van der Waals surface area contributed by atoms with Gasteiger partial charge in [-0.1, -0.05) is 17.7 Å². The number of aromatic amines is 1. The highest BCUT2D eigenvalue weighted by Gasteiger charge is 2.35. The molecule has 0 bridgehead atoms. The third-order valence-corrected chi connectivity index (χ3v) is 5.21. The van der Waals surface area contributed by atoms with E-state index in [-0.39, 0.29) is 13.0 Å². The summed E-state index contributed by atoms with van der Waals surface area (Å²) in [5, 5.41) is 19.0. The summed E-state index contributed by atoms with van der Waals surface area (Å²) in [5.41, 5.74) is 0.574. The molecule has 1 aliphatic rings. The normalized spacial score (nSPS) is 23.1. The minimum atomic E-state index is -0.848. The van der Waals surface area contributed by atoms with Crippen LogP contribution in [-0.2, 0) is 10.5 Å². The van der Waals surface area contributed by atoms with Crippen LogP contribution in [0.5, 0.6) is 0 Å². The Hall–Kier alpha value is -1.87. The molecule has 1 aromatic heterocycles. The molecule has 1 fully saturated rings. The quantitative estimate of drug-likeness (QED) is 0.677. The molecule has 1 aromatic carbocycles. The molecule has 3 N–H and O–H groups in total. The van der Waals surface area contributed by atoms with Crippen LogP contribution in [-0.4, -0.2) is 38.6 Å². The van der Waals surface area contributed by atoms with Crippen LogP contribution in [0.1, 0.15) is 23.8 Å². The smallest absolute Gasteiger partial charge is 0.330 e. The minimum Gasteiger partial charge on any atom is -0.394 e. The van der Waals surface area contributed by atoms with Gasteiger partial charge in [0.25, 0.3) is 5.56 Å². The second kappa shape index (κ2) is 7.57. The maximum absolute atomic E-state index is 12.1. The van der Waals surface area contributed by atoms with Crippen molar-refractivity contribution in [2.45, 2.75) is 42.4 Å². The lowest BCUT2D eigenvalue weighted by molar-refractivity contribution is -0.0459. The van der Waals surface area contributed by atoms with Gasteiger partial charge in [0.2, 0.25) is 0 Å². The van der Waals surface area contributed by atoms with Crippen molar-refractivity contribution in [1.29, 1.82) is 0 Å². The van der Waals surface area contributed by atoms with E-state index in [1.807, 2.05) is 31.2 Å². The molecule has 3 rings (SSSR count). The van der Waals surface area contributed by atoms with Gasteiger partial charge in [0.1, 0.15) is 12.3 Å². The van der Waals surface area contributed by atoms with Crippen molar-refractivity contribution in [3.05, 3.63) is 62.4 Å². The largest absolute Gasteiger partial charge is 0.394 e. The summed E-state index contributed by atoms with van der Waals surface area (Å²) in [6.45, 7) is 1.68. The van der Waals surface area contributed by atoms with E-state index in [1.54, 1.807) is 0 Å². The van der Waals surface area contributed by atoms with E-state index < -0.39 is 29.7 Å². The van der Waals surface area contributed by atoms with Gasteiger partial charge in [-0.15, -0.1) is 11.8 Å². The molecule has 2 heterocycles. The number of nitrogens with zero attached hydrogens (tertiary/aromatic N) is 1. The number of aromatic nitrogens is 2. The fraction of sp³-hybridized carbons (Fsp3) is 0.412. The number of nitrogens with one attached hydrogen (secondary N) is 1. The van der Waals surface area contributed by atoms with Gasteiger partial charge in [-0.3, -0.25) is 14.3 Å². The first-order valence-corrected chi connectivity index (χ1v) is 8.94. The van der Waals surface area contributed by atoms with E-state index in [1.165, 1.54) is 22.5 Å². The number of aryl methyl sites for hydroxylation is 1. The zero-order valence-corrected chi connectivity index (χ0v) is 14.5. The summed E-state index contributed by atoms with van der Waals surface area (Å²) in [6, 6.07) is 7.95. The van der Waals surface area contributed by atoms with Crippen LogP contribution in [0.25, 0.3) is 0 Å². The molecule has 0 unspecified atom stereocenters. The molecule has 0 radical (unpaired) electrons. The van der Waals surface area contributed by atoms with E-state index in [4.69, 9.17) is 9.84 Å². The molecule has 8 heteroatoms. The summed E-state index contributed by atoms with van der Waals surface area (Å²) in [4.78, 5) is 27.4. The summed E-state index contributed by atoms with van der Waals surface area (Å²) >= 11 is 1.49. The zero-order chi connectivity index (χ0) is 18.0. The average molecular weight is 364 g/mol. The summed E-state index contributed by atoms with van der Waals surface area (Å²) in [6.07, 6.45) is -0.630. The van der Waals surface area contributed by atoms with E-state index in [9.17, 15) is 14.7 Å². The number of H-pyrrole nitrogens is 1. The lowest BCUT2D eigenvalue weighted by Crippen LogP contribution is -2.34. The lowest BCUT2D eigenvalue weighted by atomic mass is 10.2. The van der Waals surface area contributed by atoms with Crippen LogP contribution >= 0.6 is 11.8 Å². The second-order valence-electron chi connectivity index (χ2n) is 6.04. The Morgan fingerprint density at radius 2 is 2.04 bits per heavy atom. The maximum atomic E-state index is 12.1.